The molecule has 1 aromatic rings. The van der Waals surface area contributed by atoms with Gasteiger partial charge in [0.25, 0.3) is 0 Å². The van der Waals surface area contributed by atoms with Gasteiger partial charge in [-0.25, -0.2) is 9.97 Å². The zero-order chi connectivity index (χ0) is 14.2. The van der Waals surface area contributed by atoms with E-state index in [0.717, 1.165) is 0 Å². The maximum atomic E-state index is 12.0. The fourth-order valence-corrected chi connectivity index (χ4v) is 2.57. The molecule has 19 heavy (non-hydrogen) atoms. The van der Waals surface area contributed by atoms with E-state index in [1.54, 1.807) is 24.1 Å². The third-order valence-corrected chi connectivity index (χ3v) is 3.34. The number of carbonyl (C=O) groups is 2. The number of carboxylic acid groups (broad SMARTS) is 1. The molecule has 2 atom stereocenters. The first-order valence-electron chi connectivity index (χ1n) is 6.25. The summed E-state index contributed by atoms with van der Waals surface area (Å²) in [6, 6.07) is 1.12. The first-order chi connectivity index (χ1) is 8.91. The summed E-state index contributed by atoms with van der Waals surface area (Å²) in [5.74, 6) is -1.27. The average Bonchev–Trinajstić information content (AvgIpc) is 2.67. The molecule has 1 aliphatic heterocycles. The third-order valence-electron chi connectivity index (χ3n) is 3.34. The Morgan fingerprint density at radius 3 is 2.74 bits per heavy atom. The first kappa shape index (κ1) is 13.5. The minimum absolute atomic E-state index is 0.0290. The van der Waals surface area contributed by atoms with Gasteiger partial charge in [-0.2, -0.15) is 0 Å². The number of amides is 1. The van der Waals surface area contributed by atoms with Crippen molar-refractivity contribution in [2.24, 2.45) is 5.92 Å². The van der Waals surface area contributed by atoms with E-state index in [-0.39, 0.29) is 18.4 Å². The third kappa shape index (κ3) is 2.43. The number of aryl methyl sites for hydroxylation is 1. The van der Waals surface area contributed by atoms with Gasteiger partial charge < -0.3 is 10.0 Å². The maximum absolute atomic E-state index is 12.0. The molecule has 1 fully saturated rings. The van der Waals surface area contributed by atoms with E-state index >= 15 is 0 Å². The van der Waals surface area contributed by atoms with Crippen LogP contribution in [0.3, 0.4) is 0 Å². The summed E-state index contributed by atoms with van der Waals surface area (Å²) in [7, 11) is 0. The molecule has 102 valence electrons. The van der Waals surface area contributed by atoms with E-state index in [2.05, 4.69) is 9.97 Å². The Morgan fingerprint density at radius 2 is 2.21 bits per heavy atom. The van der Waals surface area contributed by atoms with Gasteiger partial charge in [-0.05, 0) is 26.8 Å². The monoisotopic (exact) mass is 263 g/mol. The summed E-state index contributed by atoms with van der Waals surface area (Å²) in [5, 5.41) is 9.31. The molecule has 2 rings (SSSR count). The van der Waals surface area contributed by atoms with E-state index in [1.807, 2.05) is 13.8 Å². The van der Waals surface area contributed by atoms with Crippen LogP contribution in [0.4, 0.5) is 0 Å². The number of hydrogen-bond donors (Lipinski definition) is 1. The number of likely N-dealkylation sites (tertiary alicyclic amines) is 1. The van der Waals surface area contributed by atoms with Crippen LogP contribution in [0.2, 0.25) is 0 Å². The SMILES string of the molecule is Cc1nccc(C2C(C(=O)O)CC(=O)N2C(C)C)n1. The van der Waals surface area contributed by atoms with Gasteiger partial charge in [-0.15, -0.1) is 0 Å². The quantitative estimate of drug-likeness (QED) is 0.885. The lowest BCUT2D eigenvalue weighted by atomic mass is 9.97. The number of aromatic nitrogens is 2. The van der Waals surface area contributed by atoms with Crippen molar-refractivity contribution in [2.45, 2.75) is 39.3 Å². The van der Waals surface area contributed by atoms with Crippen molar-refractivity contribution in [3.05, 3.63) is 23.8 Å². The van der Waals surface area contributed by atoms with E-state index in [4.69, 9.17) is 0 Å². The lowest BCUT2D eigenvalue weighted by Crippen LogP contribution is -2.36. The van der Waals surface area contributed by atoms with Gasteiger partial charge in [-0.1, -0.05) is 0 Å². The van der Waals surface area contributed by atoms with Crippen molar-refractivity contribution in [2.75, 3.05) is 0 Å². The van der Waals surface area contributed by atoms with Gasteiger partial charge in [0.1, 0.15) is 5.82 Å². The molecule has 0 aliphatic carbocycles. The van der Waals surface area contributed by atoms with Crippen LogP contribution in [0.5, 0.6) is 0 Å². The lowest BCUT2D eigenvalue weighted by molar-refractivity contribution is -0.142. The minimum atomic E-state index is -0.960. The van der Waals surface area contributed by atoms with Crippen LogP contribution < -0.4 is 0 Å². The van der Waals surface area contributed by atoms with Crippen molar-refractivity contribution in [1.29, 1.82) is 0 Å². The fourth-order valence-electron chi connectivity index (χ4n) is 2.57. The van der Waals surface area contributed by atoms with Crippen molar-refractivity contribution in [3.8, 4) is 0 Å². The Labute approximate surface area is 111 Å². The van der Waals surface area contributed by atoms with Crippen LogP contribution in [0, 0.1) is 12.8 Å². The molecule has 1 amide bonds. The van der Waals surface area contributed by atoms with E-state index in [9.17, 15) is 14.7 Å². The maximum Gasteiger partial charge on any atom is 0.309 e. The summed E-state index contributed by atoms with van der Waals surface area (Å²) >= 11 is 0. The largest absolute Gasteiger partial charge is 0.481 e. The fraction of sp³-hybridized carbons (Fsp3) is 0.538. The van der Waals surface area contributed by atoms with E-state index < -0.39 is 17.9 Å². The predicted molar refractivity (Wildman–Crippen MR) is 67.2 cm³/mol. The van der Waals surface area contributed by atoms with Gasteiger partial charge in [0.15, 0.2) is 0 Å². The number of rotatable bonds is 3. The van der Waals surface area contributed by atoms with Gasteiger partial charge >= 0.3 is 5.97 Å². The number of aliphatic carboxylic acids is 1. The lowest BCUT2D eigenvalue weighted by Gasteiger charge is -2.29. The summed E-state index contributed by atoms with van der Waals surface area (Å²) in [6.45, 7) is 5.50. The van der Waals surface area contributed by atoms with Crippen LogP contribution in [0.25, 0.3) is 0 Å². The number of nitrogens with zero attached hydrogens (tertiary/aromatic N) is 3. The number of carbonyl (C=O) groups excluding carboxylic acids is 1. The Kier molecular flexibility index (Phi) is 3.50. The van der Waals surface area contributed by atoms with Gasteiger partial charge in [0.05, 0.1) is 17.7 Å². The van der Waals surface area contributed by atoms with Crippen molar-refractivity contribution < 1.29 is 14.7 Å². The molecule has 2 heterocycles. The molecular weight excluding hydrogens is 246 g/mol. The first-order valence-corrected chi connectivity index (χ1v) is 6.25. The van der Waals surface area contributed by atoms with Crippen molar-refractivity contribution >= 4 is 11.9 Å². The Balaban J connectivity index is 2.46. The summed E-state index contributed by atoms with van der Waals surface area (Å²) < 4.78 is 0. The molecule has 0 aromatic carbocycles. The molecule has 1 aromatic heterocycles. The second kappa shape index (κ2) is 4.95. The van der Waals surface area contributed by atoms with Crippen LogP contribution in [-0.2, 0) is 9.59 Å². The van der Waals surface area contributed by atoms with E-state index in [0.29, 0.717) is 11.5 Å². The zero-order valence-corrected chi connectivity index (χ0v) is 11.2. The van der Waals surface area contributed by atoms with Crippen molar-refractivity contribution in [1.82, 2.24) is 14.9 Å². The number of carboxylic acids is 1. The molecular formula is C13H17N3O3. The summed E-state index contributed by atoms with van der Waals surface area (Å²) in [6.07, 6.45) is 1.62. The smallest absolute Gasteiger partial charge is 0.309 e. The van der Waals surface area contributed by atoms with Crippen LogP contribution in [-0.4, -0.2) is 37.9 Å². The van der Waals surface area contributed by atoms with Crippen molar-refractivity contribution in [3.63, 3.8) is 0 Å². The molecule has 0 bridgehead atoms. The highest BCUT2D eigenvalue weighted by molar-refractivity contribution is 5.87. The Morgan fingerprint density at radius 1 is 1.53 bits per heavy atom. The molecule has 2 unspecified atom stereocenters. The normalized spacial score (nSPS) is 23.2. The predicted octanol–water partition coefficient (Wildman–Crippen LogP) is 1.17. The van der Waals surface area contributed by atoms with Crippen LogP contribution in [0.15, 0.2) is 12.3 Å². The highest BCUT2D eigenvalue weighted by Crippen LogP contribution is 2.38. The minimum Gasteiger partial charge on any atom is -0.481 e. The Bertz CT molecular complexity index is 516. The second-order valence-corrected chi connectivity index (χ2v) is 5.02. The average molecular weight is 263 g/mol. The summed E-state index contributed by atoms with van der Waals surface area (Å²) in [5.41, 5.74) is 0.597. The van der Waals surface area contributed by atoms with Crippen LogP contribution in [0.1, 0.15) is 37.8 Å². The highest BCUT2D eigenvalue weighted by Gasteiger charge is 2.46. The topological polar surface area (TPSA) is 83.4 Å². The molecule has 0 radical (unpaired) electrons. The number of hydrogen-bond acceptors (Lipinski definition) is 4. The summed E-state index contributed by atoms with van der Waals surface area (Å²) in [4.78, 5) is 33.3. The Hall–Kier alpha value is -1.98. The van der Waals surface area contributed by atoms with Crippen LogP contribution >= 0.6 is 0 Å². The van der Waals surface area contributed by atoms with E-state index in [1.165, 1.54) is 0 Å². The van der Waals surface area contributed by atoms with Gasteiger partial charge in [0.2, 0.25) is 5.91 Å². The zero-order valence-electron chi connectivity index (χ0n) is 11.2. The molecule has 1 aliphatic rings. The van der Waals surface area contributed by atoms with Gasteiger partial charge in [0, 0.05) is 18.7 Å². The second-order valence-electron chi connectivity index (χ2n) is 5.02. The van der Waals surface area contributed by atoms with Gasteiger partial charge in [-0.3, -0.25) is 9.59 Å². The molecule has 0 saturated carbocycles. The molecule has 0 spiro atoms. The molecule has 1 N–H and O–H groups in total. The standard InChI is InChI=1S/C13H17N3O3/c1-7(2)16-11(17)6-9(13(18)19)12(16)10-4-5-14-8(3)15-10/h4-5,7,9,12H,6H2,1-3H3,(H,18,19). The highest BCUT2D eigenvalue weighted by atomic mass is 16.4. The molecule has 1 saturated heterocycles. The molecule has 6 heteroatoms. The molecule has 6 nitrogen and oxygen atoms in total.